The summed E-state index contributed by atoms with van der Waals surface area (Å²) in [6, 6.07) is 6.00. The highest BCUT2D eigenvalue weighted by Crippen LogP contribution is 2.21. The van der Waals surface area contributed by atoms with Crippen molar-refractivity contribution in [3.63, 3.8) is 0 Å². The maximum Gasteiger partial charge on any atom is 0.264 e. The summed E-state index contributed by atoms with van der Waals surface area (Å²) in [4.78, 5) is 7.83. The number of aromatic nitrogens is 2. The Labute approximate surface area is 111 Å². The van der Waals surface area contributed by atoms with Crippen molar-refractivity contribution in [3.8, 4) is 0 Å². The van der Waals surface area contributed by atoms with Gasteiger partial charge in [0.1, 0.15) is 5.82 Å². The molecule has 0 atom stereocenters. The van der Waals surface area contributed by atoms with Gasteiger partial charge in [-0.05, 0) is 18.2 Å². The third-order valence-electron chi connectivity index (χ3n) is 2.56. The lowest BCUT2D eigenvalue weighted by molar-refractivity contribution is 0.594. The Morgan fingerprint density at radius 2 is 1.89 bits per heavy atom. The van der Waals surface area contributed by atoms with E-state index in [4.69, 9.17) is 5.84 Å². The van der Waals surface area contributed by atoms with Crippen LogP contribution in [0.3, 0.4) is 0 Å². The molecule has 100 valence electrons. The van der Waals surface area contributed by atoms with Crippen LogP contribution in [0.2, 0.25) is 0 Å². The number of anilines is 2. The summed E-state index contributed by atoms with van der Waals surface area (Å²) < 4.78 is 26.0. The number of nitrogens with zero attached hydrogens (tertiary/aromatic N) is 3. The van der Waals surface area contributed by atoms with Gasteiger partial charge in [-0.2, -0.15) is 0 Å². The second kappa shape index (κ2) is 5.21. The predicted molar refractivity (Wildman–Crippen MR) is 71.9 cm³/mol. The largest absolute Gasteiger partial charge is 0.308 e. The SMILES string of the molecule is CN(c1ccncc1)S(=O)(=O)c1ccnc(NN)c1. The molecule has 0 saturated carbocycles. The van der Waals surface area contributed by atoms with Gasteiger partial charge in [-0.1, -0.05) is 0 Å². The van der Waals surface area contributed by atoms with Crippen molar-refractivity contribution in [2.75, 3.05) is 16.8 Å². The summed E-state index contributed by atoms with van der Waals surface area (Å²) in [5.41, 5.74) is 2.84. The van der Waals surface area contributed by atoms with Gasteiger partial charge in [0.25, 0.3) is 10.0 Å². The van der Waals surface area contributed by atoms with Crippen molar-refractivity contribution in [1.29, 1.82) is 0 Å². The Morgan fingerprint density at radius 3 is 2.53 bits per heavy atom. The average Bonchev–Trinajstić information content (AvgIpc) is 2.47. The van der Waals surface area contributed by atoms with E-state index in [0.717, 1.165) is 0 Å². The number of nitrogens with one attached hydrogen (secondary N) is 1. The fourth-order valence-corrected chi connectivity index (χ4v) is 2.71. The normalized spacial score (nSPS) is 11.1. The van der Waals surface area contributed by atoms with Crippen LogP contribution in [0.15, 0.2) is 47.8 Å². The van der Waals surface area contributed by atoms with E-state index in [9.17, 15) is 8.42 Å². The molecule has 19 heavy (non-hydrogen) atoms. The summed E-state index contributed by atoms with van der Waals surface area (Å²) >= 11 is 0. The van der Waals surface area contributed by atoms with Crippen molar-refractivity contribution in [2.45, 2.75) is 4.90 Å². The molecule has 0 aliphatic carbocycles. The Bertz CT molecular complexity index is 660. The Balaban J connectivity index is 2.42. The molecule has 7 nitrogen and oxygen atoms in total. The van der Waals surface area contributed by atoms with Crippen molar-refractivity contribution in [3.05, 3.63) is 42.9 Å². The van der Waals surface area contributed by atoms with Gasteiger partial charge in [0.2, 0.25) is 0 Å². The Hall–Kier alpha value is -2.19. The van der Waals surface area contributed by atoms with Gasteiger partial charge in [-0.15, -0.1) is 0 Å². The molecule has 0 bridgehead atoms. The minimum atomic E-state index is -3.65. The minimum absolute atomic E-state index is 0.106. The van der Waals surface area contributed by atoms with E-state index in [1.54, 1.807) is 12.1 Å². The Kier molecular flexibility index (Phi) is 3.63. The maximum absolute atomic E-state index is 12.4. The molecule has 8 heteroatoms. The van der Waals surface area contributed by atoms with Crippen LogP contribution in [0, 0.1) is 0 Å². The molecule has 0 fully saturated rings. The van der Waals surface area contributed by atoms with E-state index in [1.165, 1.54) is 42.1 Å². The van der Waals surface area contributed by atoms with Gasteiger partial charge in [0, 0.05) is 31.7 Å². The first-order valence-electron chi connectivity index (χ1n) is 5.37. The fraction of sp³-hybridized carbons (Fsp3) is 0.0909. The van der Waals surface area contributed by atoms with E-state index in [0.29, 0.717) is 5.69 Å². The van der Waals surface area contributed by atoms with Crippen molar-refractivity contribution < 1.29 is 8.42 Å². The molecule has 0 aliphatic heterocycles. The molecule has 2 aromatic rings. The summed E-state index contributed by atoms with van der Waals surface area (Å²) in [6.07, 6.45) is 4.43. The molecular weight excluding hydrogens is 266 g/mol. The van der Waals surface area contributed by atoms with Gasteiger partial charge in [-0.3, -0.25) is 9.29 Å². The van der Waals surface area contributed by atoms with E-state index < -0.39 is 10.0 Å². The van der Waals surface area contributed by atoms with Crippen LogP contribution in [0.25, 0.3) is 0 Å². The van der Waals surface area contributed by atoms with E-state index >= 15 is 0 Å². The lowest BCUT2D eigenvalue weighted by atomic mass is 10.4. The van der Waals surface area contributed by atoms with Gasteiger partial charge in [0.15, 0.2) is 0 Å². The molecule has 2 heterocycles. The van der Waals surface area contributed by atoms with Crippen LogP contribution in [0.4, 0.5) is 11.5 Å². The zero-order valence-electron chi connectivity index (χ0n) is 10.2. The number of rotatable bonds is 4. The third kappa shape index (κ3) is 2.64. The summed E-state index contributed by atoms with van der Waals surface area (Å²) in [5.74, 6) is 5.50. The predicted octanol–water partition coefficient (Wildman–Crippen LogP) is 0.587. The zero-order chi connectivity index (χ0) is 13.9. The highest BCUT2D eigenvalue weighted by Gasteiger charge is 2.21. The number of sulfonamides is 1. The first-order chi connectivity index (χ1) is 9.05. The van der Waals surface area contributed by atoms with Crippen LogP contribution in [0.1, 0.15) is 0 Å². The zero-order valence-corrected chi connectivity index (χ0v) is 11.0. The van der Waals surface area contributed by atoms with E-state index in [1.807, 2.05) is 0 Å². The average molecular weight is 279 g/mol. The van der Waals surface area contributed by atoms with Gasteiger partial charge < -0.3 is 5.43 Å². The molecule has 2 aromatic heterocycles. The molecule has 0 saturated heterocycles. The molecule has 0 aliphatic rings. The highest BCUT2D eigenvalue weighted by atomic mass is 32.2. The van der Waals surface area contributed by atoms with Crippen LogP contribution in [-0.4, -0.2) is 25.4 Å². The summed E-state index contributed by atoms with van der Waals surface area (Å²) in [6.45, 7) is 0. The van der Waals surface area contributed by atoms with Crippen LogP contribution >= 0.6 is 0 Å². The lowest BCUT2D eigenvalue weighted by Gasteiger charge is -2.19. The monoisotopic (exact) mass is 279 g/mol. The van der Waals surface area contributed by atoms with E-state index in [-0.39, 0.29) is 10.7 Å². The lowest BCUT2D eigenvalue weighted by Crippen LogP contribution is -2.26. The first kappa shape index (κ1) is 13.2. The molecule has 0 unspecified atom stereocenters. The van der Waals surface area contributed by atoms with Crippen molar-refractivity contribution in [1.82, 2.24) is 9.97 Å². The first-order valence-corrected chi connectivity index (χ1v) is 6.81. The standard InChI is InChI=1S/C11H13N5O2S/c1-16(9-2-5-13-6-3-9)19(17,18)10-4-7-14-11(8-10)15-12/h2-8H,12H2,1H3,(H,14,15). The van der Waals surface area contributed by atoms with Gasteiger partial charge >= 0.3 is 0 Å². The molecule has 0 amide bonds. The molecular formula is C11H13N5O2S. The quantitative estimate of drug-likeness (QED) is 0.627. The third-order valence-corrected chi connectivity index (χ3v) is 4.35. The van der Waals surface area contributed by atoms with Gasteiger partial charge in [0.05, 0.1) is 10.6 Å². The number of hydrogen-bond donors (Lipinski definition) is 2. The number of hydrogen-bond acceptors (Lipinski definition) is 6. The maximum atomic E-state index is 12.4. The van der Waals surface area contributed by atoms with Crippen molar-refractivity contribution in [2.24, 2.45) is 5.84 Å². The highest BCUT2D eigenvalue weighted by molar-refractivity contribution is 7.92. The summed E-state index contributed by atoms with van der Waals surface area (Å²) in [5, 5.41) is 0. The summed E-state index contributed by atoms with van der Waals surface area (Å²) in [7, 11) is -2.18. The fourth-order valence-electron chi connectivity index (χ4n) is 1.50. The van der Waals surface area contributed by atoms with Gasteiger partial charge in [-0.25, -0.2) is 19.2 Å². The molecule has 3 N–H and O–H groups in total. The molecule has 0 radical (unpaired) electrons. The van der Waals surface area contributed by atoms with Crippen LogP contribution < -0.4 is 15.6 Å². The number of nitrogen functional groups attached to an aromatic ring is 1. The van der Waals surface area contributed by atoms with Crippen molar-refractivity contribution >= 4 is 21.5 Å². The topological polar surface area (TPSA) is 101 Å². The molecule has 2 rings (SSSR count). The number of nitrogens with two attached hydrogens (primary N) is 1. The van der Waals surface area contributed by atoms with Crippen LogP contribution in [0.5, 0.6) is 0 Å². The second-order valence-corrected chi connectivity index (χ2v) is 5.67. The number of pyridine rings is 2. The Morgan fingerprint density at radius 1 is 1.21 bits per heavy atom. The molecule has 0 spiro atoms. The number of hydrazine groups is 1. The van der Waals surface area contributed by atoms with Crippen LogP contribution in [-0.2, 0) is 10.0 Å². The van der Waals surface area contributed by atoms with E-state index in [2.05, 4.69) is 15.4 Å². The minimum Gasteiger partial charge on any atom is -0.308 e. The second-order valence-electron chi connectivity index (χ2n) is 3.70. The molecule has 0 aromatic carbocycles. The smallest absolute Gasteiger partial charge is 0.264 e.